The first-order valence-electron chi connectivity index (χ1n) is 10.6. The van der Waals surface area contributed by atoms with Crippen LogP contribution in [0.1, 0.15) is 23.4 Å². The van der Waals surface area contributed by atoms with Crippen LogP contribution in [0, 0.1) is 0 Å². The molecule has 0 bridgehead atoms. The van der Waals surface area contributed by atoms with E-state index in [1.807, 2.05) is 12.1 Å². The minimum Gasteiger partial charge on any atom is -0.299 e. The van der Waals surface area contributed by atoms with Crippen LogP contribution in [0.25, 0.3) is 16.7 Å². The molecular formula is C24H23N3O3S2. The number of fused-ring (bicyclic) bond motifs is 1. The molecular weight excluding hydrogens is 442 g/mol. The summed E-state index contributed by atoms with van der Waals surface area (Å²) < 4.78 is 27.0. The molecule has 164 valence electrons. The Morgan fingerprint density at radius 3 is 2.50 bits per heavy atom. The number of sulfone groups is 1. The van der Waals surface area contributed by atoms with Gasteiger partial charge in [0.05, 0.1) is 10.4 Å². The standard InChI is InChI=1S/C24H23N3O3S2/c28-24-11-10-19-9-8-18(15-26-12-4-5-13-26)14-21(19)27(24)22-16-31-23(25-22)17-32(29,30)20-6-2-1-3-7-20/h1-3,6-11,14,16H,4-5,12-13,15,17H2. The Hall–Kier alpha value is -2.81. The highest BCUT2D eigenvalue weighted by atomic mass is 32.2. The largest absolute Gasteiger partial charge is 0.299 e. The van der Waals surface area contributed by atoms with E-state index in [-0.39, 0.29) is 16.2 Å². The normalized spacial score (nSPS) is 14.9. The van der Waals surface area contributed by atoms with Crippen LogP contribution in [-0.2, 0) is 22.1 Å². The predicted molar refractivity (Wildman–Crippen MR) is 127 cm³/mol. The summed E-state index contributed by atoms with van der Waals surface area (Å²) in [4.78, 5) is 20.0. The highest BCUT2D eigenvalue weighted by molar-refractivity contribution is 7.90. The molecule has 0 amide bonds. The second-order valence-electron chi connectivity index (χ2n) is 8.05. The first kappa shape index (κ1) is 21.1. The Balaban J connectivity index is 1.50. The Kier molecular flexibility index (Phi) is 5.67. The zero-order valence-corrected chi connectivity index (χ0v) is 19.1. The zero-order chi connectivity index (χ0) is 22.1. The minimum atomic E-state index is -3.50. The fourth-order valence-corrected chi connectivity index (χ4v) is 6.57. The number of thiazole rings is 1. The van der Waals surface area contributed by atoms with Gasteiger partial charge in [0.2, 0.25) is 0 Å². The fraction of sp³-hybridized carbons (Fsp3) is 0.250. The number of rotatable bonds is 6. The van der Waals surface area contributed by atoms with Crippen LogP contribution in [0.3, 0.4) is 0 Å². The first-order valence-corrected chi connectivity index (χ1v) is 13.1. The second kappa shape index (κ2) is 8.61. The smallest absolute Gasteiger partial charge is 0.256 e. The molecule has 1 aliphatic rings. The molecule has 0 spiro atoms. The van der Waals surface area contributed by atoms with Crippen molar-refractivity contribution in [3.05, 3.63) is 87.0 Å². The van der Waals surface area contributed by atoms with Gasteiger partial charge < -0.3 is 0 Å². The quantitative estimate of drug-likeness (QED) is 0.430. The predicted octanol–water partition coefficient (Wildman–Crippen LogP) is 4.02. The van der Waals surface area contributed by atoms with Gasteiger partial charge in [-0.25, -0.2) is 13.4 Å². The molecule has 0 aliphatic carbocycles. The maximum absolute atomic E-state index is 12.8. The topological polar surface area (TPSA) is 72.3 Å². The lowest BCUT2D eigenvalue weighted by molar-refractivity contribution is 0.331. The van der Waals surface area contributed by atoms with Gasteiger partial charge in [-0.15, -0.1) is 11.3 Å². The third kappa shape index (κ3) is 4.26. The Labute approximate surface area is 190 Å². The van der Waals surface area contributed by atoms with Gasteiger partial charge in [0.15, 0.2) is 15.7 Å². The summed E-state index contributed by atoms with van der Waals surface area (Å²) in [6, 6.07) is 17.9. The van der Waals surface area contributed by atoms with Gasteiger partial charge in [-0.05, 0) is 61.1 Å². The number of benzene rings is 2. The highest BCUT2D eigenvalue weighted by Crippen LogP contribution is 2.24. The zero-order valence-electron chi connectivity index (χ0n) is 17.5. The first-order chi connectivity index (χ1) is 15.5. The van der Waals surface area contributed by atoms with Crippen molar-refractivity contribution < 1.29 is 8.42 Å². The lowest BCUT2D eigenvalue weighted by Gasteiger charge is -2.15. The number of hydrogen-bond acceptors (Lipinski definition) is 6. The summed E-state index contributed by atoms with van der Waals surface area (Å²) in [7, 11) is -3.50. The highest BCUT2D eigenvalue weighted by Gasteiger charge is 2.19. The van der Waals surface area contributed by atoms with Crippen molar-refractivity contribution in [1.82, 2.24) is 14.5 Å². The van der Waals surface area contributed by atoms with E-state index in [0.717, 1.165) is 36.1 Å². The van der Waals surface area contributed by atoms with Crippen molar-refractivity contribution in [2.45, 2.75) is 30.0 Å². The van der Waals surface area contributed by atoms with Crippen LogP contribution < -0.4 is 5.56 Å². The monoisotopic (exact) mass is 465 g/mol. The fourth-order valence-electron chi connectivity index (χ4n) is 4.16. The van der Waals surface area contributed by atoms with Crippen molar-refractivity contribution >= 4 is 32.1 Å². The van der Waals surface area contributed by atoms with E-state index in [2.05, 4.69) is 22.0 Å². The van der Waals surface area contributed by atoms with Gasteiger partial charge in [-0.3, -0.25) is 14.3 Å². The Morgan fingerprint density at radius 1 is 0.969 bits per heavy atom. The van der Waals surface area contributed by atoms with Crippen LogP contribution in [0.15, 0.2) is 75.7 Å². The van der Waals surface area contributed by atoms with Gasteiger partial charge in [0.1, 0.15) is 10.8 Å². The molecule has 0 atom stereocenters. The third-order valence-corrected chi connectivity index (χ3v) is 8.41. The van der Waals surface area contributed by atoms with E-state index in [1.165, 1.54) is 30.2 Å². The third-order valence-electron chi connectivity index (χ3n) is 5.75. The number of likely N-dealkylation sites (tertiary alicyclic amines) is 1. The Morgan fingerprint density at radius 2 is 1.72 bits per heavy atom. The molecule has 8 heteroatoms. The van der Waals surface area contributed by atoms with Gasteiger partial charge >= 0.3 is 0 Å². The van der Waals surface area contributed by atoms with Crippen LogP contribution in [0.5, 0.6) is 0 Å². The molecule has 0 saturated carbocycles. The van der Waals surface area contributed by atoms with Crippen LogP contribution in [-0.4, -0.2) is 36.0 Å². The molecule has 0 N–H and O–H groups in total. The van der Waals surface area contributed by atoms with Gasteiger partial charge in [-0.1, -0.05) is 30.3 Å². The van der Waals surface area contributed by atoms with Crippen molar-refractivity contribution in [1.29, 1.82) is 0 Å². The molecule has 2 aromatic heterocycles. The van der Waals surface area contributed by atoms with E-state index >= 15 is 0 Å². The average Bonchev–Trinajstić information content (AvgIpc) is 3.46. The van der Waals surface area contributed by atoms with E-state index in [4.69, 9.17) is 0 Å². The number of nitrogens with zero attached hydrogens (tertiary/aromatic N) is 3. The van der Waals surface area contributed by atoms with E-state index in [1.54, 1.807) is 40.3 Å². The number of pyridine rings is 1. The Bertz CT molecular complexity index is 1420. The van der Waals surface area contributed by atoms with Gasteiger partial charge in [0, 0.05) is 18.0 Å². The summed E-state index contributed by atoms with van der Waals surface area (Å²) in [5, 5.41) is 3.16. The summed E-state index contributed by atoms with van der Waals surface area (Å²) >= 11 is 1.26. The lowest BCUT2D eigenvalue weighted by Crippen LogP contribution is -2.20. The minimum absolute atomic E-state index is 0.182. The van der Waals surface area contributed by atoms with E-state index < -0.39 is 9.84 Å². The van der Waals surface area contributed by atoms with Crippen LogP contribution in [0.2, 0.25) is 0 Å². The molecule has 1 fully saturated rings. The molecule has 4 aromatic rings. The van der Waals surface area contributed by atoms with Crippen LogP contribution in [0.4, 0.5) is 0 Å². The number of aromatic nitrogens is 2. The molecule has 3 heterocycles. The SMILES string of the molecule is O=c1ccc2ccc(CN3CCCC3)cc2n1-c1csc(CS(=O)(=O)c2ccccc2)n1. The van der Waals surface area contributed by atoms with Crippen molar-refractivity contribution in [3.63, 3.8) is 0 Å². The molecule has 1 aliphatic heterocycles. The summed E-state index contributed by atoms with van der Waals surface area (Å²) in [6.45, 7) is 3.06. The van der Waals surface area contributed by atoms with Gasteiger partial charge in [-0.2, -0.15) is 0 Å². The molecule has 6 nitrogen and oxygen atoms in total. The summed E-state index contributed by atoms with van der Waals surface area (Å²) in [6.07, 6.45) is 2.46. The van der Waals surface area contributed by atoms with Gasteiger partial charge in [0.25, 0.3) is 5.56 Å². The molecule has 0 radical (unpaired) electrons. The maximum atomic E-state index is 12.8. The molecule has 0 unspecified atom stereocenters. The van der Waals surface area contributed by atoms with Crippen molar-refractivity contribution in [2.75, 3.05) is 13.1 Å². The van der Waals surface area contributed by atoms with Crippen molar-refractivity contribution in [3.8, 4) is 5.82 Å². The summed E-state index contributed by atoms with van der Waals surface area (Å²) in [5.41, 5.74) is 1.76. The van der Waals surface area contributed by atoms with Crippen LogP contribution >= 0.6 is 11.3 Å². The molecule has 1 saturated heterocycles. The summed E-state index contributed by atoms with van der Waals surface area (Å²) in [5.74, 6) is 0.267. The second-order valence-corrected chi connectivity index (χ2v) is 11.0. The lowest BCUT2D eigenvalue weighted by atomic mass is 10.1. The van der Waals surface area contributed by atoms with Crippen molar-refractivity contribution in [2.24, 2.45) is 0 Å². The van der Waals surface area contributed by atoms with E-state index in [9.17, 15) is 13.2 Å². The molecule has 2 aromatic carbocycles. The van der Waals surface area contributed by atoms with E-state index in [0.29, 0.717) is 10.8 Å². The average molecular weight is 466 g/mol. The maximum Gasteiger partial charge on any atom is 0.256 e. The molecule has 32 heavy (non-hydrogen) atoms. The number of hydrogen-bond donors (Lipinski definition) is 0. The molecule has 5 rings (SSSR count).